The van der Waals surface area contributed by atoms with Gasteiger partial charge in [0, 0.05) is 18.0 Å². The van der Waals surface area contributed by atoms with Gasteiger partial charge < -0.3 is 4.98 Å². The van der Waals surface area contributed by atoms with Gasteiger partial charge in [-0.25, -0.2) is 0 Å². The zero-order chi connectivity index (χ0) is 9.10. The van der Waals surface area contributed by atoms with E-state index in [1.807, 2.05) is 0 Å². The van der Waals surface area contributed by atoms with Crippen molar-refractivity contribution in [3.8, 4) is 0 Å². The quantitative estimate of drug-likeness (QED) is 0.744. The van der Waals surface area contributed by atoms with E-state index in [0.717, 1.165) is 6.42 Å². The molecule has 2 aromatic rings. The fraction of sp³-hybridized carbons (Fsp3) is 0.182. The molecule has 0 atom stereocenters. The molecular weight excluding hydrogens is 177 g/mol. The number of aromatic nitrogens is 1. The lowest BCUT2D eigenvalue weighted by atomic mass is 10.2. The molecule has 1 aromatic carbocycles. The minimum absolute atomic E-state index is 1.04. The van der Waals surface area contributed by atoms with Gasteiger partial charge in [-0.05, 0) is 26.0 Å². The zero-order valence-electron chi connectivity index (χ0n) is 7.62. The summed E-state index contributed by atoms with van der Waals surface area (Å²) in [5.74, 6) is 0. The molecule has 2 heteroatoms. The largest absolute Gasteiger partial charge is 0.360 e. The van der Waals surface area contributed by atoms with Crippen LogP contribution in [0.5, 0.6) is 0 Å². The standard InChI is InChI=1S/C11H12NP/c1-9-8-12-11(13-9)7-10-5-3-2-4-6-10/h2-6,8,12H,7H2,1H3. The summed E-state index contributed by atoms with van der Waals surface area (Å²) >= 11 is 0. The van der Waals surface area contributed by atoms with Crippen LogP contribution in [0.1, 0.15) is 16.3 Å². The van der Waals surface area contributed by atoms with Crippen LogP contribution in [-0.4, -0.2) is 4.98 Å². The van der Waals surface area contributed by atoms with E-state index in [2.05, 4.69) is 48.4 Å². The summed E-state index contributed by atoms with van der Waals surface area (Å²) in [6, 6.07) is 10.6. The lowest BCUT2D eigenvalue weighted by Gasteiger charge is -1.96. The van der Waals surface area contributed by atoms with E-state index >= 15 is 0 Å². The first-order valence-corrected chi connectivity index (χ1v) is 5.29. The number of hydrogen-bond donors (Lipinski definition) is 1. The second kappa shape index (κ2) is 3.76. The molecule has 1 heterocycles. The lowest BCUT2D eigenvalue weighted by Crippen LogP contribution is -1.84. The number of benzene rings is 1. The maximum atomic E-state index is 3.30. The first-order valence-electron chi connectivity index (χ1n) is 4.39. The van der Waals surface area contributed by atoms with Crippen molar-refractivity contribution in [2.24, 2.45) is 0 Å². The second-order valence-corrected chi connectivity index (χ2v) is 4.62. The molecule has 1 aromatic heterocycles. The summed E-state index contributed by atoms with van der Waals surface area (Å²) < 4.78 is 0. The van der Waals surface area contributed by atoms with Gasteiger partial charge in [-0.1, -0.05) is 30.3 Å². The van der Waals surface area contributed by atoms with Crippen molar-refractivity contribution in [3.05, 3.63) is 52.8 Å². The highest BCUT2D eigenvalue weighted by molar-refractivity contribution is 7.31. The van der Waals surface area contributed by atoms with E-state index in [1.54, 1.807) is 0 Å². The van der Waals surface area contributed by atoms with Crippen molar-refractivity contribution in [1.82, 2.24) is 4.98 Å². The molecule has 0 saturated carbocycles. The molecule has 0 fully saturated rings. The SMILES string of the molecule is Cc1c[nH]c(Cc2ccccc2)p1. The van der Waals surface area contributed by atoms with E-state index < -0.39 is 0 Å². The molecule has 1 nitrogen and oxygen atoms in total. The Bertz CT molecular complexity index is 378. The molecule has 0 amide bonds. The molecule has 0 saturated heterocycles. The molecule has 0 radical (unpaired) electrons. The van der Waals surface area contributed by atoms with Crippen LogP contribution in [0.4, 0.5) is 0 Å². The maximum Gasteiger partial charge on any atom is 0.0471 e. The van der Waals surface area contributed by atoms with Gasteiger partial charge in [-0.2, -0.15) is 0 Å². The Morgan fingerprint density at radius 2 is 2.00 bits per heavy atom. The molecule has 0 aliphatic rings. The van der Waals surface area contributed by atoms with Crippen LogP contribution in [0.15, 0.2) is 36.5 Å². The molecule has 0 aliphatic carbocycles. The van der Waals surface area contributed by atoms with Crippen LogP contribution < -0.4 is 0 Å². The Hall–Kier alpha value is -1.07. The van der Waals surface area contributed by atoms with Crippen LogP contribution >= 0.6 is 8.19 Å². The summed E-state index contributed by atoms with van der Waals surface area (Å²) in [6.45, 7) is 2.15. The molecule has 13 heavy (non-hydrogen) atoms. The van der Waals surface area contributed by atoms with Gasteiger partial charge in [0.15, 0.2) is 0 Å². The second-order valence-electron chi connectivity index (χ2n) is 3.15. The summed E-state index contributed by atoms with van der Waals surface area (Å²) in [7, 11) is 1.35. The highest BCUT2D eigenvalue weighted by atomic mass is 31.0. The normalized spacial score (nSPS) is 10.8. The van der Waals surface area contributed by atoms with Gasteiger partial charge in [-0.15, -0.1) is 0 Å². The Morgan fingerprint density at radius 1 is 1.23 bits per heavy atom. The number of H-pyrrole nitrogens is 1. The third-order valence-corrected chi connectivity index (χ3v) is 3.01. The molecule has 0 unspecified atom stereocenters. The minimum Gasteiger partial charge on any atom is -0.360 e. The average molecular weight is 189 g/mol. The summed E-state index contributed by atoms with van der Waals surface area (Å²) in [6.07, 6.45) is 3.12. The number of nitrogens with one attached hydrogen (secondary N) is 1. The number of aromatic amines is 1. The third-order valence-electron chi connectivity index (χ3n) is 1.97. The Morgan fingerprint density at radius 3 is 2.62 bits per heavy atom. The van der Waals surface area contributed by atoms with Crippen LogP contribution in [-0.2, 0) is 6.42 Å². The fourth-order valence-corrected chi connectivity index (χ4v) is 2.29. The van der Waals surface area contributed by atoms with E-state index in [4.69, 9.17) is 0 Å². The highest BCUT2D eigenvalue weighted by Crippen LogP contribution is 2.20. The molecule has 2 rings (SSSR count). The summed E-state index contributed by atoms with van der Waals surface area (Å²) in [4.78, 5) is 3.30. The van der Waals surface area contributed by atoms with Crippen molar-refractivity contribution in [3.63, 3.8) is 0 Å². The van der Waals surface area contributed by atoms with Crippen molar-refractivity contribution < 1.29 is 0 Å². The first-order chi connectivity index (χ1) is 6.34. The molecule has 0 spiro atoms. The van der Waals surface area contributed by atoms with Crippen molar-refractivity contribution in [2.45, 2.75) is 13.3 Å². The molecule has 0 aliphatic heterocycles. The van der Waals surface area contributed by atoms with E-state index in [9.17, 15) is 0 Å². The Labute approximate surface area is 79.9 Å². The first kappa shape index (κ1) is 8.52. The van der Waals surface area contributed by atoms with E-state index in [1.165, 1.54) is 24.5 Å². The Balaban J connectivity index is 2.15. The van der Waals surface area contributed by atoms with E-state index in [0.29, 0.717) is 0 Å². The average Bonchev–Trinajstić information content (AvgIpc) is 2.53. The van der Waals surface area contributed by atoms with Crippen molar-refractivity contribution >= 4 is 8.19 Å². The smallest absolute Gasteiger partial charge is 0.0471 e. The van der Waals surface area contributed by atoms with Gasteiger partial charge in [0.25, 0.3) is 0 Å². The monoisotopic (exact) mass is 189 g/mol. The van der Waals surface area contributed by atoms with Gasteiger partial charge >= 0.3 is 0 Å². The highest BCUT2D eigenvalue weighted by Gasteiger charge is 1.97. The van der Waals surface area contributed by atoms with Crippen LogP contribution in [0, 0.1) is 6.92 Å². The predicted molar refractivity (Wildman–Crippen MR) is 57.3 cm³/mol. The lowest BCUT2D eigenvalue weighted by molar-refractivity contribution is 1.14. The van der Waals surface area contributed by atoms with Gasteiger partial charge in [0.1, 0.15) is 0 Å². The summed E-state index contributed by atoms with van der Waals surface area (Å²) in [5.41, 5.74) is 2.75. The molecule has 66 valence electrons. The van der Waals surface area contributed by atoms with Crippen LogP contribution in [0.25, 0.3) is 0 Å². The number of aryl methyl sites for hydroxylation is 1. The zero-order valence-corrected chi connectivity index (χ0v) is 8.51. The topological polar surface area (TPSA) is 15.8 Å². The fourth-order valence-electron chi connectivity index (χ4n) is 1.34. The predicted octanol–water partition coefficient (Wildman–Crippen LogP) is 3.49. The van der Waals surface area contributed by atoms with Gasteiger partial charge in [0.2, 0.25) is 0 Å². The third kappa shape index (κ3) is 2.19. The number of rotatable bonds is 2. The van der Waals surface area contributed by atoms with E-state index in [-0.39, 0.29) is 0 Å². The maximum absolute atomic E-state index is 3.30. The summed E-state index contributed by atoms with van der Waals surface area (Å²) in [5, 5.41) is 1.39. The van der Waals surface area contributed by atoms with Gasteiger partial charge in [0.05, 0.1) is 0 Å². The molecule has 0 bridgehead atoms. The van der Waals surface area contributed by atoms with Gasteiger partial charge in [-0.3, -0.25) is 0 Å². The number of hydrogen-bond acceptors (Lipinski definition) is 0. The van der Waals surface area contributed by atoms with Crippen molar-refractivity contribution in [2.75, 3.05) is 0 Å². The van der Waals surface area contributed by atoms with Crippen LogP contribution in [0.2, 0.25) is 0 Å². The van der Waals surface area contributed by atoms with Crippen LogP contribution in [0.3, 0.4) is 0 Å². The Kier molecular flexibility index (Phi) is 2.47. The molecular formula is C11H12NP. The molecule has 1 N–H and O–H groups in total. The minimum atomic E-state index is 1.04. The van der Waals surface area contributed by atoms with Crippen molar-refractivity contribution in [1.29, 1.82) is 0 Å².